The highest BCUT2D eigenvalue weighted by atomic mass is 35.5. The van der Waals surface area contributed by atoms with Crippen molar-refractivity contribution in [2.45, 2.75) is 12.5 Å². The summed E-state index contributed by atoms with van der Waals surface area (Å²) >= 11 is 6.09. The average molecular weight is 426 g/mol. The third-order valence-electron chi connectivity index (χ3n) is 6.22. The van der Waals surface area contributed by atoms with Gasteiger partial charge in [0, 0.05) is 36.5 Å². The molecule has 2 aromatic carbocycles. The Balaban J connectivity index is 1.84. The number of allylic oxidation sites excluding steroid dienone is 2. The normalized spacial score (nSPS) is 22.5. The van der Waals surface area contributed by atoms with E-state index in [-0.39, 0.29) is 17.2 Å². The number of hydrogen-bond donors (Lipinski definition) is 1. The number of halogens is 1. The molecule has 4 rings (SSSR count). The highest BCUT2D eigenvalue weighted by molar-refractivity contribution is 6.30. The van der Waals surface area contributed by atoms with Gasteiger partial charge in [0.1, 0.15) is 6.07 Å². The van der Waals surface area contributed by atoms with Gasteiger partial charge >= 0.3 is 0 Å². The molecule has 1 heterocycles. The van der Waals surface area contributed by atoms with Gasteiger partial charge in [0.2, 0.25) is 0 Å². The van der Waals surface area contributed by atoms with E-state index >= 15 is 0 Å². The van der Waals surface area contributed by atoms with Crippen LogP contribution < -0.4 is 5.73 Å². The number of nitrogens with two attached hydrogens (primary N) is 1. The third-order valence-corrected chi connectivity index (χ3v) is 6.47. The minimum atomic E-state index is -1.63. The summed E-state index contributed by atoms with van der Waals surface area (Å²) < 4.78 is 0. The van der Waals surface area contributed by atoms with Crippen LogP contribution in [0.5, 0.6) is 0 Å². The van der Waals surface area contributed by atoms with Crippen molar-refractivity contribution >= 4 is 11.6 Å². The van der Waals surface area contributed by atoms with Gasteiger partial charge in [-0.05, 0) is 28.8 Å². The maximum Gasteiger partial charge on any atom is 0.191 e. The second-order valence-electron chi connectivity index (χ2n) is 7.91. The second-order valence-corrected chi connectivity index (χ2v) is 8.34. The van der Waals surface area contributed by atoms with Crippen LogP contribution in [0.4, 0.5) is 0 Å². The predicted octanol–water partition coefficient (Wildman–Crippen LogP) is 4.27. The number of benzene rings is 2. The quantitative estimate of drug-likeness (QED) is 0.791. The van der Waals surface area contributed by atoms with E-state index in [9.17, 15) is 15.8 Å². The fourth-order valence-corrected chi connectivity index (χ4v) is 4.88. The lowest BCUT2D eigenvalue weighted by Crippen LogP contribution is -2.47. The van der Waals surface area contributed by atoms with Crippen molar-refractivity contribution in [1.82, 2.24) is 4.90 Å². The number of hydrogen-bond acceptors (Lipinski definition) is 5. The Morgan fingerprint density at radius 2 is 1.71 bits per heavy atom. The minimum Gasteiger partial charge on any atom is -0.399 e. The number of fused-ring (bicyclic) bond motifs is 1. The molecule has 0 amide bonds. The Bertz CT molecular complexity index is 1160. The monoisotopic (exact) mass is 425 g/mol. The summed E-state index contributed by atoms with van der Waals surface area (Å²) in [5.74, 6) is -0.735. The zero-order chi connectivity index (χ0) is 22.0. The molecule has 0 aromatic heterocycles. The van der Waals surface area contributed by atoms with Crippen LogP contribution in [0.2, 0.25) is 5.02 Å². The van der Waals surface area contributed by atoms with Crippen molar-refractivity contribution in [2.75, 3.05) is 13.1 Å². The maximum atomic E-state index is 10.1. The standard InChI is InChI=1S/C25H20ClN5/c26-19-8-6-18(7-9-19)23-22-14-31(13-17-4-2-1-3-5-17)11-10-20(22)21(12-27)24(30)25(23,15-28)16-29/h1-10,22-23H,11,13-14,30H2/t22-,23-/m1/s1. The number of nitrogens with zero attached hydrogens (tertiary/aromatic N) is 4. The smallest absolute Gasteiger partial charge is 0.191 e. The Morgan fingerprint density at radius 1 is 1.03 bits per heavy atom. The Kier molecular flexibility index (Phi) is 5.53. The van der Waals surface area contributed by atoms with E-state index < -0.39 is 11.3 Å². The molecule has 2 aromatic rings. The summed E-state index contributed by atoms with van der Waals surface area (Å²) in [6, 6.07) is 23.8. The molecule has 0 spiro atoms. The molecular formula is C25H20ClN5. The fraction of sp³-hybridized carbons (Fsp3) is 0.240. The molecule has 5 nitrogen and oxygen atoms in total. The van der Waals surface area contributed by atoms with Gasteiger partial charge in [-0.25, -0.2) is 0 Å². The van der Waals surface area contributed by atoms with Gasteiger partial charge in [-0.15, -0.1) is 0 Å². The molecule has 2 atom stereocenters. The Labute approximate surface area is 186 Å². The summed E-state index contributed by atoms with van der Waals surface area (Å²) in [6.45, 7) is 2.01. The lowest BCUT2D eigenvalue weighted by Gasteiger charge is -2.45. The molecule has 0 radical (unpaired) electrons. The van der Waals surface area contributed by atoms with Crippen LogP contribution in [0, 0.1) is 45.3 Å². The van der Waals surface area contributed by atoms with Crippen LogP contribution >= 0.6 is 11.6 Å². The predicted molar refractivity (Wildman–Crippen MR) is 118 cm³/mol. The lowest BCUT2D eigenvalue weighted by molar-refractivity contribution is 0.201. The summed E-state index contributed by atoms with van der Waals surface area (Å²) in [5, 5.41) is 30.7. The molecule has 0 bridgehead atoms. The van der Waals surface area contributed by atoms with Crippen LogP contribution in [0.25, 0.3) is 0 Å². The van der Waals surface area contributed by atoms with Gasteiger partial charge in [-0.1, -0.05) is 60.1 Å². The van der Waals surface area contributed by atoms with E-state index in [0.717, 1.165) is 17.7 Å². The van der Waals surface area contributed by atoms with Crippen molar-refractivity contribution < 1.29 is 0 Å². The first-order chi connectivity index (χ1) is 15.0. The van der Waals surface area contributed by atoms with E-state index in [4.69, 9.17) is 17.3 Å². The summed E-state index contributed by atoms with van der Waals surface area (Å²) in [5.41, 5.74) is 7.83. The van der Waals surface area contributed by atoms with Crippen LogP contribution in [-0.2, 0) is 6.54 Å². The topological polar surface area (TPSA) is 101 Å². The van der Waals surface area contributed by atoms with Gasteiger partial charge in [0.15, 0.2) is 5.41 Å². The molecule has 0 saturated carbocycles. The van der Waals surface area contributed by atoms with Crippen molar-refractivity contribution in [2.24, 2.45) is 17.1 Å². The lowest BCUT2D eigenvalue weighted by atomic mass is 9.58. The molecule has 1 aliphatic heterocycles. The highest BCUT2D eigenvalue weighted by Gasteiger charge is 2.54. The van der Waals surface area contributed by atoms with Crippen molar-refractivity contribution in [3.63, 3.8) is 0 Å². The zero-order valence-electron chi connectivity index (χ0n) is 16.8. The van der Waals surface area contributed by atoms with Crippen molar-refractivity contribution in [1.29, 1.82) is 15.8 Å². The molecule has 6 heteroatoms. The fourth-order valence-electron chi connectivity index (χ4n) is 4.76. The molecule has 2 N–H and O–H groups in total. The second kappa shape index (κ2) is 8.29. The average Bonchev–Trinajstić information content (AvgIpc) is 2.80. The molecule has 2 aliphatic rings. The molecule has 0 unspecified atom stereocenters. The molecule has 152 valence electrons. The molecule has 0 saturated heterocycles. The summed E-state index contributed by atoms with van der Waals surface area (Å²) in [4.78, 5) is 2.27. The summed E-state index contributed by atoms with van der Waals surface area (Å²) in [6.07, 6.45) is 2.02. The zero-order valence-corrected chi connectivity index (χ0v) is 17.5. The Hall–Kier alpha value is -3.56. The van der Waals surface area contributed by atoms with Gasteiger partial charge in [0.25, 0.3) is 0 Å². The number of nitriles is 3. The van der Waals surface area contributed by atoms with Crippen LogP contribution in [0.15, 0.2) is 77.5 Å². The molecule has 1 aliphatic carbocycles. The van der Waals surface area contributed by atoms with Gasteiger partial charge in [0.05, 0.1) is 23.4 Å². The number of rotatable bonds is 3. The van der Waals surface area contributed by atoms with E-state index in [0.29, 0.717) is 18.1 Å². The van der Waals surface area contributed by atoms with E-state index in [1.807, 2.05) is 36.4 Å². The first-order valence-corrected chi connectivity index (χ1v) is 10.4. The third kappa shape index (κ3) is 3.47. The molecule has 31 heavy (non-hydrogen) atoms. The summed E-state index contributed by atoms with van der Waals surface area (Å²) in [7, 11) is 0. The first-order valence-electron chi connectivity index (χ1n) is 9.99. The van der Waals surface area contributed by atoms with Crippen LogP contribution in [-0.4, -0.2) is 18.0 Å². The largest absolute Gasteiger partial charge is 0.399 e. The van der Waals surface area contributed by atoms with Crippen molar-refractivity contribution in [3.8, 4) is 18.2 Å². The molecular weight excluding hydrogens is 406 g/mol. The Morgan fingerprint density at radius 3 is 2.32 bits per heavy atom. The maximum absolute atomic E-state index is 10.1. The van der Waals surface area contributed by atoms with Crippen molar-refractivity contribution in [3.05, 3.63) is 93.7 Å². The van der Waals surface area contributed by atoms with Gasteiger partial charge in [-0.2, -0.15) is 15.8 Å². The first kappa shape index (κ1) is 20.7. The highest BCUT2D eigenvalue weighted by Crippen LogP contribution is 2.54. The minimum absolute atomic E-state index is 0.0407. The van der Waals surface area contributed by atoms with E-state index in [1.165, 1.54) is 5.56 Å². The van der Waals surface area contributed by atoms with Gasteiger partial charge < -0.3 is 5.73 Å². The molecule has 0 fully saturated rings. The van der Waals surface area contributed by atoms with Gasteiger partial charge in [-0.3, -0.25) is 4.90 Å². The van der Waals surface area contributed by atoms with E-state index in [1.54, 1.807) is 12.1 Å². The SMILES string of the molecule is N#CC1=C(N)C(C#N)(C#N)[C@H](c2ccc(Cl)cc2)[C@@H]2CN(Cc3ccccc3)CC=C12. The van der Waals surface area contributed by atoms with Crippen LogP contribution in [0.1, 0.15) is 17.0 Å². The van der Waals surface area contributed by atoms with E-state index in [2.05, 4.69) is 35.2 Å². The van der Waals surface area contributed by atoms with Crippen LogP contribution in [0.3, 0.4) is 0 Å².